The molecule has 1 aromatic carbocycles. The van der Waals surface area contributed by atoms with E-state index in [0.717, 1.165) is 11.8 Å². The van der Waals surface area contributed by atoms with Crippen molar-refractivity contribution in [2.45, 2.75) is 9.79 Å². The van der Waals surface area contributed by atoms with Crippen LogP contribution in [0.2, 0.25) is 0 Å². The minimum absolute atomic E-state index is 0.242. The molecule has 0 nitrogen and oxygen atoms in total. The van der Waals surface area contributed by atoms with Gasteiger partial charge in [-0.25, -0.2) is 8.78 Å². The molecule has 0 fully saturated rings. The molecule has 3 heteroatoms. The van der Waals surface area contributed by atoms with E-state index in [1.54, 1.807) is 0 Å². The van der Waals surface area contributed by atoms with Crippen LogP contribution < -0.4 is 0 Å². The zero-order chi connectivity index (χ0) is 8.01. The van der Waals surface area contributed by atoms with Crippen LogP contribution in [0.4, 0.5) is 8.78 Å². The van der Waals surface area contributed by atoms with Crippen LogP contribution in [-0.4, -0.2) is 0 Å². The van der Waals surface area contributed by atoms with E-state index >= 15 is 0 Å². The molecule has 1 aliphatic heterocycles. The smallest absolute Gasteiger partial charge is 0.145 e. The van der Waals surface area contributed by atoms with Crippen molar-refractivity contribution in [2.24, 2.45) is 0 Å². The molecular formula is C8H4F2S. The second-order valence-electron chi connectivity index (χ2n) is 2.23. The lowest BCUT2D eigenvalue weighted by molar-refractivity contribution is 0.562. The number of benzene rings is 1. The molecule has 0 radical (unpaired) electrons. The molecule has 0 unspecified atom stereocenters. The predicted molar refractivity (Wildman–Crippen MR) is 40.6 cm³/mol. The average Bonchev–Trinajstić information content (AvgIpc) is 2.75. The zero-order valence-electron chi connectivity index (χ0n) is 5.53. The van der Waals surface area contributed by atoms with Crippen LogP contribution in [0.25, 0.3) is 6.08 Å². The van der Waals surface area contributed by atoms with Crippen LogP contribution >= 0.6 is 11.8 Å². The molecule has 0 atom stereocenters. The SMILES string of the molecule is C=Cc1cc(F)c2c(c1F)S2. The summed E-state index contributed by atoms with van der Waals surface area (Å²) in [5.41, 5.74) is 0.242. The van der Waals surface area contributed by atoms with Gasteiger partial charge in [-0.15, -0.1) is 0 Å². The van der Waals surface area contributed by atoms with Crippen molar-refractivity contribution in [2.75, 3.05) is 0 Å². The summed E-state index contributed by atoms with van der Waals surface area (Å²) in [5.74, 6) is -0.692. The summed E-state index contributed by atoms with van der Waals surface area (Å²) < 4.78 is 25.7. The highest BCUT2D eigenvalue weighted by atomic mass is 32.2. The summed E-state index contributed by atoms with van der Waals surface area (Å²) in [6.45, 7) is 3.38. The van der Waals surface area contributed by atoms with E-state index in [-0.39, 0.29) is 17.2 Å². The Bertz CT molecular complexity index is 344. The first-order valence-electron chi connectivity index (χ1n) is 3.06. The van der Waals surface area contributed by atoms with Crippen LogP contribution in [0.5, 0.6) is 0 Å². The predicted octanol–water partition coefficient (Wildman–Crippen LogP) is 3.07. The van der Waals surface area contributed by atoms with Crippen LogP contribution in [0.15, 0.2) is 22.4 Å². The van der Waals surface area contributed by atoms with E-state index in [1.165, 1.54) is 12.1 Å². The average molecular weight is 170 g/mol. The fourth-order valence-corrected chi connectivity index (χ4v) is 1.63. The van der Waals surface area contributed by atoms with E-state index in [4.69, 9.17) is 0 Å². The van der Waals surface area contributed by atoms with Gasteiger partial charge in [0, 0.05) is 5.56 Å². The Labute approximate surface area is 66.9 Å². The summed E-state index contributed by atoms with van der Waals surface area (Å²) in [5, 5.41) is 0. The second-order valence-corrected chi connectivity index (χ2v) is 3.25. The Morgan fingerprint density at radius 2 is 2.09 bits per heavy atom. The first-order chi connectivity index (χ1) is 5.24. The number of fused-ring (bicyclic) bond motifs is 1. The van der Waals surface area contributed by atoms with Crippen LogP contribution in [0.3, 0.4) is 0 Å². The zero-order valence-corrected chi connectivity index (χ0v) is 6.34. The third-order valence-electron chi connectivity index (χ3n) is 1.54. The molecule has 1 aliphatic rings. The number of halogens is 2. The molecule has 2 rings (SSSR count). The summed E-state index contributed by atoms with van der Waals surface area (Å²) in [4.78, 5) is 0.869. The van der Waals surface area contributed by atoms with Crippen molar-refractivity contribution in [1.82, 2.24) is 0 Å². The largest absolute Gasteiger partial charge is 0.206 e. The normalized spacial score (nSPS) is 12.5. The lowest BCUT2D eigenvalue weighted by atomic mass is 10.2. The van der Waals surface area contributed by atoms with Gasteiger partial charge in [0.05, 0.1) is 9.79 Å². The Hall–Kier alpha value is -0.830. The van der Waals surface area contributed by atoms with E-state index < -0.39 is 0 Å². The van der Waals surface area contributed by atoms with Gasteiger partial charge < -0.3 is 0 Å². The lowest BCUT2D eigenvalue weighted by Gasteiger charge is -1.92. The molecule has 0 saturated heterocycles. The van der Waals surface area contributed by atoms with Gasteiger partial charge in [-0.1, -0.05) is 24.4 Å². The molecular weight excluding hydrogens is 166 g/mol. The highest BCUT2D eigenvalue weighted by Crippen LogP contribution is 2.52. The van der Waals surface area contributed by atoms with Crippen molar-refractivity contribution in [3.8, 4) is 0 Å². The second kappa shape index (κ2) is 2.08. The molecule has 0 spiro atoms. The Kier molecular flexibility index (Phi) is 1.29. The maximum Gasteiger partial charge on any atom is 0.145 e. The van der Waals surface area contributed by atoms with Crippen molar-refractivity contribution in [3.63, 3.8) is 0 Å². The molecule has 1 aromatic rings. The van der Waals surface area contributed by atoms with Gasteiger partial charge in [-0.2, -0.15) is 0 Å². The van der Waals surface area contributed by atoms with E-state index in [1.807, 2.05) is 0 Å². The van der Waals surface area contributed by atoms with Crippen molar-refractivity contribution in [3.05, 3.63) is 29.8 Å². The van der Waals surface area contributed by atoms with Gasteiger partial charge in [0.2, 0.25) is 0 Å². The first-order valence-corrected chi connectivity index (χ1v) is 3.88. The quantitative estimate of drug-likeness (QED) is 0.592. The Balaban J connectivity index is 2.69. The van der Waals surface area contributed by atoms with E-state index in [2.05, 4.69) is 6.58 Å². The molecule has 56 valence electrons. The van der Waals surface area contributed by atoms with Gasteiger partial charge >= 0.3 is 0 Å². The van der Waals surface area contributed by atoms with Crippen LogP contribution in [0.1, 0.15) is 5.56 Å². The van der Waals surface area contributed by atoms with Crippen LogP contribution in [0, 0.1) is 11.6 Å². The van der Waals surface area contributed by atoms with Crippen molar-refractivity contribution < 1.29 is 8.78 Å². The molecule has 1 heterocycles. The number of hydrogen-bond donors (Lipinski definition) is 0. The summed E-state index contributed by atoms with van der Waals surface area (Å²) in [6.07, 6.45) is 1.32. The lowest BCUT2D eigenvalue weighted by Crippen LogP contribution is -1.81. The van der Waals surface area contributed by atoms with Crippen LogP contribution in [-0.2, 0) is 0 Å². The van der Waals surface area contributed by atoms with Gasteiger partial charge in [0.1, 0.15) is 11.6 Å². The first kappa shape index (κ1) is 6.85. The number of hydrogen-bond acceptors (Lipinski definition) is 1. The van der Waals surface area contributed by atoms with Gasteiger partial charge in [-0.05, 0) is 6.07 Å². The minimum Gasteiger partial charge on any atom is -0.206 e. The molecule has 0 bridgehead atoms. The summed E-state index contributed by atoms with van der Waals surface area (Å²) in [6, 6.07) is 1.17. The van der Waals surface area contributed by atoms with Gasteiger partial charge in [0.25, 0.3) is 0 Å². The fraction of sp³-hybridized carbons (Fsp3) is 0. The third-order valence-corrected chi connectivity index (χ3v) is 2.53. The van der Waals surface area contributed by atoms with Gasteiger partial charge in [0.15, 0.2) is 0 Å². The summed E-state index contributed by atoms with van der Waals surface area (Å²) >= 11 is 1.14. The maximum atomic E-state index is 13.0. The van der Waals surface area contributed by atoms with Crippen molar-refractivity contribution in [1.29, 1.82) is 0 Å². The fourth-order valence-electron chi connectivity index (χ4n) is 0.923. The molecule has 0 N–H and O–H groups in total. The molecule has 0 aromatic heterocycles. The molecule has 0 saturated carbocycles. The standard InChI is InChI=1S/C8H4F2S/c1-2-4-3-5(9)7-8(11-7)6(4)10/h2-3H,1H2. The van der Waals surface area contributed by atoms with Gasteiger partial charge in [-0.3, -0.25) is 0 Å². The maximum absolute atomic E-state index is 13.0. The minimum atomic E-state index is -0.346. The van der Waals surface area contributed by atoms with Crippen molar-refractivity contribution >= 4 is 17.8 Å². The molecule has 11 heavy (non-hydrogen) atoms. The third kappa shape index (κ3) is 0.878. The van der Waals surface area contributed by atoms with E-state index in [9.17, 15) is 8.78 Å². The molecule has 0 amide bonds. The number of rotatable bonds is 1. The Morgan fingerprint density at radius 3 is 2.73 bits per heavy atom. The summed E-state index contributed by atoms with van der Waals surface area (Å²) in [7, 11) is 0. The van der Waals surface area contributed by atoms with E-state index in [0.29, 0.717) is 9.79 Å². The molecule has 0 aliphatic carbocycles. The monoisotopic (exact) mass is 170 g/mol. The topological polar surface area (TPSA) is 0 Å². The highest BCUT2D eigenvalue weighted by molar-refractivity contribution is 8.05. The highest BCUT2D eigenvalue weighted by Gasteiger charge is 2.29. The Morgan fingerprint density at radius 1 is 1.36 bits per heavy atom.